The molecule has 1 N–H and O–H groups in total. The highest BCUT2D eigenvalue weighted by Gasteiger charge is 2.17. The maximum absolute atomic E-state index is 11.9. The van der Waals surface area contributed by atoms with Gasteiger partial charge >= 0.3 is 6.03 Å². The summed E-state index contributed by atoms with van der Waals surface area (Å²) in [6.45, 7) is 10.5. The van der Waals surface area contributed by atoms with Crippen LogP contribution in [-0.2, 0) is 0 Å². The van der Waals surface area contributed by atoms with Gasteiger partial charge in [-0.25, -0.2) is 4.79 Å². The molecule has 1 aliphatic rings. The highest BCUT2D eigenvalue weighted by atomic mass is 16.2. The molecule has 0 spiro atoms. The quantitative estimate of drug-likeness (QED) is 0.717. The van der Waals surface area contributed by atoms with Gasteiger partial charge in [0.25, 0.3) is 0 Å². The summed E-state index contributed by atoms with van der Waals surface area (Å²) in [5.41, 5.74) is 1.28. The molecule has 3 heteroatoms. The van der Waals surface area contributed by atoms with Crippen LogP contribution in [0.5, 0.6) is 0 Å². The maximum atomic E-state index is 11.9. The summed E-state index contributed by atoms with van der Waals surface area (Å²) in [5.74, 6) is 0.651. The molecule has 1 rings (SSSR count). The number of hydrogen-bond acceptors (Lipinski definition) is 1. The van der Waals surface area contributed by atoms with Crippen molar-refractivity contribution in [2.75, 3.05) is 13.1 Å². The second-order valence-corrected chi connectivity index (χ2v) is 4.80. The third-order valence-corrected chi connectivity index (χ3v) is 3.41. The zero-order valence-corrected chi connectivity index (χ0v) is 11.3. The molecule has 1 fully saturated rings. The van der Waals surface area contributed by atoms with Gasteiger partial charge in [0.05, 0.1) is 0 Å². The Balaban J connectivity index is 2.48. The van der Waals surface area contributed by atoms with Gasteiger partial charge in [-0.1, -0.05) is 30.6 Å². The normalized spacial score (nSPS) is 16.4. The second kappa shape index (κ2) is 7.75. The molecule has 0 bridgehead atoms. The average molecular weight is 248 g/mol. The first kappa shape index (κ1) is 14.6. The minimum Gasteiger partial charge on any atom is -0.317 e. The first-order valence-corrected chi connectivity index (χ1v) is 6.63. The molecule has 3 nitrogen and oxygen atoms in total. The van der Waals surface area contributed by atoms with E-state index in [2.05, 4.69) is 25.4 Å². The van der Waals surface area contributed by atoms with E-state index in [1.54, 1.807) is 17.1 Å². The number of carbonyl (C=O) groups excluding carboxylic acids is 1. The second-order valence-electron chi connectivity index (χ2n) is 4.80. The van der Waals surface area contributed by atoms with E-state index in [0.29, 0.717) is 19.0 Å². The van der Waals surface area contributed by atoms with Crippen LogP contribution in [0.15, 0.2) is 37.1 Å². The Labute approximate surface area is 110 Å². The molecule has 1 saturated carbocycles. The van der Waals surface area contributed by atoms with Crippen molar-refractivity contribution in [2.45, 2.75) is 32.6 Å². The molecule has 100 valence electrons. The number of nitrogens with zero attached hydrogens (tertiary/aromatic N) is 1. The van der Waals surface area contributed by atoms with Crippen LogP contribution in [0.3, 0.4) is 0 Å². The third kappa shape index (κ3) is 4.40. The number of rotatable bonds is 6. The van der Waals surface area contributed by atoms with Gasteiger partial charge in [-0.05, 0) is 25.7 Å². The van der Waals surface area contributed by atoms with Crippen LogP contribution in [0.1, 0.15) is 32.6 Å². The molecule has 0 saturated heterocycles. The number of urea groups is 1. The molecule has 0 heterocycles. The van der Waals surface area contributed by atoms with E-state index < -0.39 is 0 Å². The van der Waals surface area contributed by atoms with Crippen molar-refractivity contribution in [3.63, 3.8) is 0 Å². The molecule has 0 aromatic heterocycles. The van der Waals surface area contributed by atoms with Gasteiger partial charge in [0.1, 0.15) is 0 Å². The molecule has 0 atom stereocenters. The van der Waals surface area contributed by atoms with Crippen LogP contribution in [0, 0.1) is 5.92 Å². The van der Waals surface area contributed by atoms with Gasteiger partial charge in [-0.2, -0.15) is 0 Å². The van der Waals surface area contributed by atoms with Crippen LogP contribution < -0.4 is 5.32 Å². The first-order valence-electron chi connectivity index (χ1n) is 6.63. The Morgan fingerprint density at radius 1 is 1.28 bits per heavy atom. The number of carbonyl (C=O) groups is 1. The Bertz CT molecular complexity index is 317. The highest BCUT2D eigenvalue weighted by molar-refractivity contribution is 5.75. The Hall–Kier alpha value is -1.51. The lowest BCUT2D eigenvalue weighted by atomic mass is 10.0. The SMILES string of the molecule is C=CCN(CC=C)C(=O)N/C=C(\C)C1CCCC1. The smallest absolute Gasteiger partial charge is 0.317 e. The van der Waals surface area contributed by atoms with Crippen LogP contribution in [-0.4, -0.2) is 24.0 Å². The average Bonchev–Trinajstić information content (AvgIpc) is 2.89. The van der Waals surface area contributed by atoms with Crippen LogP contribution in [0.25, 0.3) is 0 Å². The van der Waals surface area contributed by atoms with Gasteiger partial charge in [-0.15, -0.1) is 13.2 Å². The molecule has 0 unspecified atom stereocenters. The fourth-order valence-electron chi connectivity index (χ4n) is 2.32. The van der Waals surface area contributed by atoms with E-state index in [0.717, 1.165) is 0 Å². The fourth-order valence-corrected chi connectivity index (χ4v) is 2.32. The number of hydrogen-bond donors (Lipinski definition) is 1. The summed E-state index contributed by atoms with van der Waals surface area (Å²) in [6.07, 6.45) is 10.4. The summed E-state index contributed by atoms with van der Waals surface area (Å²) in [4.78, 5) is 13.6. The van der Waals surface area contributed by atoms with Crippen LogP contribution in [0.4, 0.5) is 4.79 Å². The molecule has 0 aromatic carbocycles. The molecule has 1 aliphatic carbocycles. The van der Waals surface area contributed by atoms with E-state index in [9.17, 15) is 4.79 Å². The van der Waals surface area contributed by atoms with Crippen molar-refractivity contribution >= 4 is 6.03 Å². The van der Waals surface area contributed by atoms with E-state index >= 15 is 0 Å². The van der Waals surface area contributed by atoms with Crippen molar-refractivity contribution in [3.8, 4) is 0 Å². The summed E-state index contributed by atoms with van der Waals surface area (Å²) in [6, 6.07) is -0.0906. The Kier molecular flexibility index (Phi) is 6.26. The molecule has 0 aliphatic heterocycles. The zero-order chi connectivity index (χ0) is 13.4. The highest BCUT2D eigenvalue weighted by Crippen LogP contribution is 2.30. The van der Waals surface area contributed by atoms with Crippen molar-refractivity contribution in [1.82, 2.24) is 10.2 Å². The van der Waals surface area contributed by atoms with Gasteiger partial charge in [0.15, 0.2) is 0 Å². The predicted molar refractivity (Wildman–Crippen MR) is 76.2 cm³/mol. The lowest BCUT2D eigenvalue weighted by molar-refractivity contribution is 0.212. The monoisotopic (exact) mass is 248 g/mol. The van der Waals surface area contributed by atoms with E-state index in [1.807, 2.05) is 6.20 Å². The molecular weight excluding hydrogens is 224 g/mol. The van der Waals surface area contributed by atoms with Gasteiger partial charge < -0.3 is 10.2 Å². The van der Waals surface area contributed by atoms with Crippen molar-refractivity contribution in [2.24, 2.45) is 5.92 Å². The van der Waals surface area contributed by atoms with E-state index in [-0.39, 0.29) is 6.03 Å². The van der Waals surface area contributed by atoms with Gasteiger partial charge in [0.2, 0.25) is 0 Å². The lowest BCUT2D eigenvalue weighted by Crippen LogP contribution is -2.38. The van der Waals surface area contributed by atoms with Crippen molar-refractivity contribution < 1.29 is 4.79 Å². The number of amides is 2. The lowest BCUT2D eigenvalue weighted by Gasteiger charge is -2.19. The van der Waals surface area contributed by atoms with Crippen molar-refractivity contribution in [3.05, 3.63) is 37.1 Å². The standard InChI is InChI=1S/C15H24N2O/c1-4-10-17(11-5-2)15(18)16-12-13(3)14-8-6-7-9-14/h4-5,12,14H,1-2,6-11H2,3H3,(H,16,18)/b13-12+. The largest absolute Gasteiger partial charge is 0.321 e. The van der Waals surface area contributed by atoms with Crippen molar-refractivity contribution in [1.29, 1.82) is 0 Å². The summed E-state index contributed by atoms with van der Waals surface area (Å²) < 4.78 is 0. The summed E-state index contributed by atoms with van der Waals surface area (Å²) in [7, 11) is 0. The minimum absolute atomic E-state index is 0.0906. The topological polar surface area (TPSA) is 32.3 Å². The Morgan fingerprint density at radius 3 is 2.33 bits per heavy atom. The molecule has 0 radical (unpaired) electrons. The van der Waals surface area contributed by atoms with Crippen LogP contribution >= 0.6 is 0 Å². The molecule has 18 heavy (non-hydrogen) atoms. The Morgan fingerprint density at radius 2 is 1.83 bits per heavy atom. The van der Waals surface area contributed by atoms with E-state index in [4.69, 9.17) is 0 Å². The van der Waals surface area contributed by atoms with E-state index in [1.165, 1.54) is 31.3 Å². The first-order chi connectivity index (χ1) is 8.69. The molecule has 2 amide bonds. The number of nitrogens with one attached hydrogen (secondary N) is 1. The predicted octanol–water partition coefficient (Wildman–Crippen LogP) is 3.46. The minimum atomic E-state index is -0.0906. The molecular formula is C15H24N2O. The number of allylic oxidation sites excluding steroid dienone is 1. The summed E-state index contributed by atoms with van der Waals surface area (Å²) in [5, 5.41) is 2.86. The van der Waals surface area contributed by atoms with Gasteiger partial charge in [0, 0.05) is 19.3 Å². The summed E-state index contributed by atoms with van der Waals surface area (Å²) >= 11 is 0. The maximum Gasteiger partial charge on any atom is 0.321 e. The fraction of sp³-hybridized carbons (Fsp3) is 0.533. The molecule has 0 aromatic rings. The van der Waals surface area contributed by atoms with Gasteiger partial charge in [-0.3, -0.25) is 0 Å². The van der Waals surface area contributed by atoms with Crippen LogP contribution in [0.2, 0.25) is 0 Å². The third-order valence-electron chi connectivity index (χ3n) is 3.41. The zero-order valence-electron chi connectivity index (χ0n) is 11.3.